The second-order valence-electron chi connectivity index (χ2n) is 7.30. The zero-order valence-corrected chi connectivity index (χ0v) is 13.7. The lowest BCUT2D eigenvalue weighted by Crippen LogP contribution is -2.34. The van der Waals surface area contributed by atoms with Crippen molar-refractivity contribution >= 4 is 5.97 Å². The first-order valence-corrected chi connectivity index (χ1v) is 8.95. The van der Waals surface area contributed by atoms with E-state index in [0.29, 0.717) is 12.5 Å². The number of carbonyl (C=O) groups excluding carboxylic acids is 1. The van der Waals surface area contributed by atoms with E-state index in [1.54, 1.807) is 0 Å². The van der Waals surface area contributed by atoms with E-state index in [-0.39, 0.29) is 18.7 Å². The highest BCUT2D eigenvalue weighted by molar-refractivity contribution is 5.73. The van der Waals surface area contributed by atoms with E-state index in [0.717, 1.165) is 36.0 Å². The quantitative estimate of drug-likeness (QED) is 0.424. The zero-order valence-electron chi connectivity index (χ0n) is 13.7. The Morgan fingerprint density at radius 2 is 1.71 bits per heavy atom. The summed E-state index contributed by atoms with van der Waals surface area (Å²) in [6.45, 7) is 7.33. The molecule has 0 amide bonds. The van der Waals surface area contributed by atoms with Crippen LogP contribution in [0.15, 0.2) is 0 Å². The third-order valence-electron chi connectivity index (χ3n) is 6.67. The first-order chi connectivity index (χ1) is 10.2. The van der Waals surface area contributed by atoms with Crippen LogP contribution in [0.1, 0.15) is 52.9 Å². The summed E-state index contributed by atoms with van der Waals surface area (Å²) in [4.78, 5) is 12.3. The second-order valence-corrected chi connectivity index (χ2v) is 7.30. The Bertz CT molecular complexity index is 381. The molecule has 0 radical (unpaired) electrons. The molecule has 0 spiro atoms. The molecule has 3 rings (SSSR count). The van der Waals surface area contributed by atoms with Crippen LogP contribution in [0.5, 0.6) is 0 Å². The van der Waals surface area contributed by atoms with Crippen LogP contribution in [0.25, 0.3) is 0 Å². The van der Waals surface area contributed by atoms with E-state index in [1.165, 1.54) is 25.7 Å². The van der Waals surface area contributed by atoms with Crippen molar-refractivity contribution in [1.29, 1.82) is 0 Å². The second kappa shape index (κ2) is 6.28. The van der Waals surface area contributed by atoms with Gasteiger partial charge in [-0.15, -0.1) is 0 Å². The van der Waals surface area contributed by atoms with Crippen LogP contribution < -0.4 is 0 Å². The van der Waals surface area contributed by atoms with Gasteiger partial charge in [0.15, 0.2) is 6.79 Å². The zero-order chi connectivity index (χ0) is 15.0. The molecule has 21 heavy (non-hydrogen) atoms. The Labute approximate surface area is 128 Å². The van der Waals surface area contributed by atoms with Crippen molar-refractivity contribution in [2.75, 3.05) is 13.4 Å². The molecule has 0 heterocycles. The molecule has 0 aromatic heterocycles. The minimum absolute atomic E-state index is 0.00389. The standard InChI is InChI=1S/C18H30O3/c1-4-11-7-12(5-2)17-14-8-13(16(11)17)9-15(14)18(19)21-10-20-6-3/h11-17H,4-10H2,1-3H3. The Morgan fingerprint density at radius 1 is 1.00 bits per heavy atom. The monoisotopic (exact) mass is 294 g/mol. The molecule has 7 atom stereocenters. The summed E-state index contributed by atoms with van der Waals surface area (Å²) in [5.41, 5.74) is 0. The molecule has 7 unspecified atom stereocenters. The van der Waals surface area contributed by atoms with Gasteiger partial charge < -0.3 is 9.47 Å². The van der Waals surface area contributed by atoms with Crippen molar-refractivity contribution in [3.8, 4) is 0 Å². The number of ether oxygens (including phenoxy) is 2. The predicted octanol–water partition coefficient (Wildman–Crippen LogP) is 3.87. The number of carbonyl (C=O) groups is 1. The molecule has 0 N–H and O–H groups in total. The van der Waals surface area contributed by atoms with E-state index < -0.39 is 0 Å². The predicted molar refractivity (Wildman–Crippen MR) is 81.4 cm³/mol. The molecule has 120 valence electrons. The molecule has 0 aromatic carbocycles. The highest BCUT2D eigenvalue weighted by Crippen LogP contribution is 2.65. The fraction of sp³-hybridized carbons (Fsp3) is 0.944. The SMILES string of the molecule is CCOCOC(=O)C1CC2CC1C1C(CC)CC(CC)C21. The van der Waals surface area contributed by atoms with Gasteiger partial charge >= 0.3 is 5.97 Å². The van der Waals surface area contributed by atoms with Crippen molar-refractivity contribution in [1.82, 2.24) is 0 Å². The van der Waals surface area contributed by atoms with Crippen molar-refractivity contribution in [3.05, 3.63) is 0 Å². The van der Waals surface area contributed by atoms with Gasteiger partial charge in [-0.2, -0.15) is 0 Å². The topological polar surface area (TPSA) is 35.5 Å². The first kappa shape index (κ1) is 15.3. The fourth-order valence-electron chi connectivity index (χ4n) is 5.96. The highest BCUT2D eigenvalue weighted by Gasteiger charge is 2.61. The maximum absolute atomic E-state index is 12.3. The summed E-state index contributed by atoms with van der Waals surface area (Å²) >= 11 is 0. The van der Waals surface area contributed by atoms with Gasteiger partial charge in [-0.05, 0) is 61.7 Å². The molecular formula is C18H30O3. The molecule has 0 aromatic rings. The van der Waals surface area contributed by atoms with Gasteiger partial charge in [0.05, 0.1) is 5.92 Å². The summed E-state index contributed by atoms with van der Waals surface area (Å²) in [6.07, 6.45) is 6.35. The molecule has 3 aliphatic carbocycles. The van der Waals surface area contributed by atoms with Crippen LogP contribution in [0.4, 0.5) is 0 Å². The van der Waals surface area contributed by atoms with Crippen LogP contribution in [0.2, 0.25) is 0 Å². The normalized spacial score (nSPS) is 44.0. The van der Waals surface area contributed by atoms with Gasteiger partial charge in [-0.3, -0.25) is 4.79 Å². The van der Waals surface area contributed by atoms with Crippen LogP contribution in [-0.4, -0.2) is 19.4 Å². The number of rotatable bonds is 6. The summed E-state index contributed by atoms with van der Waals surface area (Å²) in [6, 6.07) is 0. The maximum Gasteiger partial charge on any atom is 0.311 e. The van der Waals surface area contributed by atoms with Crippen molar-refractivity contribution in [2.24, 2.45) is 41.4 Å². The first-order valence-electron chi connectivity index (χ1n) is 8.95. The van der Waals surface area contributed by atoms with Crippen LogP contribution in [0.3, 0.4) is 0 Å². The third-order valence-corrected chi connectivity index (χ3v) is 6.67. The maximum atomic E-state index is 12.3. The Hall–Kier alpha value is -0.570. The molecule has 0 aliphatic heterocycles. The summed E-state index contributed by atoms with van der Waals surface area (Å²) in [5.74, 6) is 4.99. The van der Waals surface area contributed by atoms with E-state index in [4.69, 9.17) is 9.47 Å². The van der Waals surface area contributed by atoms with Gasteiger partial charge in [0.2, 0.25) is 0 Å². The highest BCUT2D eigenvalue weighted by atomic mass is 16.7. The molecule has 3 nitrogen and oxygen atoms in total. The molecule has 3 heteroatoms. The Kier molecular flexibility index (Phi) is 4.58. The lowest BCUT2D eigenvalue weighted by atomic mass is 9.70. The largest absolute Gasteiger partial charge is 0.438 e. The van der Waals surface area contributed by atoms with Crippen LogP contribution >= 0.6 is 0 Å². The molecule has 3 fully saturated rings. The van der Waals surface area contributed by atoms with E-state index in [2.05, 4.69) is 13.8 Å². The van der Waals surface area contributed by atoms with Crippen molar-refractivity contribution in [3.63, 3.8) is 0 Å². The van der Waals surface area contributed by atoms with Gasteiger partial charge in [0, 0.05) is 6.61 Å². The third kappa shape index (κ3) is 2.52. The van der Waals surface area contributed by atoms with E-state index >= 15 is 0 Å². The number of hydrogen-bond donors (Lipinski definition) is 0. The smallest absolute Gasteiger partial charge is 0.311 e. The average molecular weight is 294 g/mol. The minimum atomic E-state index is 0.00389. The molecule has 0 saturated heterocycles. The molecule has 3 saturated carbocycles. The number of esters is 1. The molecule has 3 aliphatic rings. The number of fused-ring (bicyclic) bond motifs is 5. The number of hydrogen-bond acceptors (Lipinski definition) is 3. The summed E-state index contributed by atoms with van der Waals surface area (Å²) < 4.78 is 10.5. The molecular weight excluding hydrogens is 264 g/mol. The van der Waals surface area contributed by atoms with E-state index in [9.17, 15) is 4.79 Å². The average Bonchev–Trinajstić information content (AvgIpc) is 3.17. The van der Waals surface area contributed by atoms with Crippen molar-refractivity contribution < 1.29 is 14.3 Å². The fourth-order valence-corrected chi connectivity index (χ4v) is 5.96. The van der Waals surface area contributed by atoms with Gasteiger partial charge in [0.25, 0.3) is 0 Å². The van der Waals surface area contributed by atoms with E-state index in [1.807, 2.05) is 6.92 Å². The Morgan fingerprint density at radius 3 is 2.38 bits per heavy atom. The van der Waals surface area contributed by atoms with Gasteiger partial charge in [-0.25, -0.2) is 0 Å². The summed E-state index contributed by atoms with van der Waals surface area (Å²) in [5, 5.41) is 0. The Balaban J connectivity index is 1.67. The summed E-state index contributed by atoms with van der Waals surface area (Å²) in [7, 11) is 0. The van der Waals surface area contributed by atoms with Crippen LogP contribution in [-0.2, 0) is 14.3 Å². The van der Waals surface area contributed by atoms with Gasteiger partial charge in [0.1, 0.15) is 0 Å². The molecule has 2 bridgehead atoms. The van der Waals surface area contributed by atoms with Crippen LogP contribution in [0, 0.1) is 41.4 Å². The lowest BCUT2D eigenvalue weighted by molar-refractivity contribution is -0.164. The van der Waals surface area contributed by atoms with Gasteiger partial charge in [-0.1, -0.05) is 26.7 Å². The van der Waals surface area contributed by atoms with Crippen molar-refractivity contribution in [2.45, 2.75) is 52.9 Å². The lowest BCUT2D eigenvalue weighted by Gasteiger charge is -2.34. The minimum Gasteiger partial charge on any atom is -0.438 e.